The fraction of sp³-hybridized carbons (Fsp3) is 0.471. The van der Waals surface area contributed by atoms with Gasteiger partial charge in [-0.25, -0.2) is 4.79 Å². The monoisotopic (exact) mass is 276 g/mol. The molecule has 0 aliphatic carbocycles. The maximum Gasteiger partial charge on any atom is 0.330 e. The van der Waals surface area contributed by atoms with Crippen LogP contribution in [0.4, 0.5) is 0 Å². The Kier molecular flexibility index (Phi) is 6.85. The first-order valence-electron chi connectivity index (χ1n) is 7.17. The summed E-state index contributed by atoms with van der Waals surface area (Å²) in [6.45, 7) is 6.07. The van der Waals surface area contributed by atoms with E-state index in [0.29, 0.717) is 12.4 Å². The molecule has 1 rings (SSSR count). The lowest BCUT2D eigenvalue weighted by molar-refractivity contribution is -0.137. The van der Waals surface area contributed by atoms with Crippen LogP contribution in [0.25, 0.3) is 0 Å². The van der Waals surface area contributed by atoms with E-state index in [-0.39, 0.29) is 5.97 Å². The summed E-state index contributed by atoms with van der Waals surface area (Å²) in [4.78, 5) is 11.1. The molecule has 1 aromatic carbocycles. The number of hydrogen-bond donors (Lipinski definition) is 1. The van der Waals surface area contributed by atoms with Crippen LogP contribution in [0.2, 0.25) is 0 Å². The predicted octanol–water partition coefficient (Wildman–Crippen LogP) is 3.84. The van der Waals surface area contributed by atoms with Crippen LogP contribution in [0.5, 0.6) is 5.75 Å². The Bertz CT molecular complexity index is 452. The van der Waals surface area contributed by atoms with Crippen molar-refractivity contribution < 1.29 is 14.6 Å². The van der Waals surface area contributed by atoms with E-state index in [1.54, 1.807) is 6.92 Å². The molecule has 3 nitrogen and oxygen atoms in total. The molecule has 0 fully saturated rings. The second-order valence-electron chi connectivity index (χ2n) is 4.98. The zero-order chi connectivity index (χ0) is 15.0. The second kappa shape index (κ2) is 8.41. The van der Waals surface area contributed by atoms with Crippen molar-refractivity contribution in [1.29, 1.82) is 0 Å². The average molecular weight is 276 g/mol. The highest BCUT2D eigenvalue weighted by Crippen LogP contribution is 2.23. The lowest BCUT2D eigenvalue weighted by Crippen LogP contribution is -1.98. The number of esters is 1. The molecular weight excluding hydrogens is 252 g/mol. The van der Waals surface area contributed by atoms with Gasteiger partial charge in [0.05, 0.1) is 6.61 Å². The maximum absolute atomic E-state index is 11.1. The molecule has 20 heavy (non-hydrogen) atoms. The normalized spacial score (nSPS) is 10.9. The maximum atomic E-state index is 11.1. The molecule has 0 atom stereocenters. The first kappa shape index (κ1) is 16.3. The van der Waals surface area contributed by atoms with Crippen LogP contribution in [-0.4, -0.2) is 17.7 Å². The summed E-state index contributed by atoms with van der Waals surface area (Å²) in [5.41, 5.74) is 3.12. The summed E-state index contributed by atoms with van der Waals surface area (Å²) in [5, 5.41) is 9.72. The van der Waals surface area contributed by atoms with Crippen molar-refractivity contribution >= 4 is 5.97 Å². The number of allylic oxidation sites excluding steroid dienone is 1. The van der Waals surface area contributed by atoms with Crippen molar-refractivity contribution in [3.8, 4) is 5.75 Å². The van der Waals surface area contributed by atoms with Crippen molar-refractivity contribution in [2.24, 2.45) is 0 Å². The summed E-state index contributed by atoms with van der Waals surface area (Å²) >= 11 is 0. The van der Waals surface area contributed by atoms with Crippen LogP contribution in [0, 0.1) is 13.8 Å². The predicted molar refractivity (Wildman–Crippen MR) is 80.9 cm³/mol. The number of phenols is 1. The van der Waals surface area contributed by atoms with Crippen molar-refractivity contribution in [2.75, 3.05) is 6.61 Å². The first-order chi connectivity index (χ1) is 9.54. The Hall–Kier alpha value is -1.77. The molecule has 110 valence electrons. The van der Waals surface area contributed by atoms with Crippen molar-refractivity contribution in [3.05, 3.63) is 41.0 Å². The van der Waals surface area contributed by atoms with E-state index in [0.717, 1.165) is 36.8 Å². The smallest absolute Gasteiger partial charge is 0.330 e. The topological polar surface area (TPSA) is 46.5 Å². The van der Waals surface area contributed by atoms with Gasteiger partial charge in [-0.2, -0.15) is 0 Å². The van der Waals surface area contributed by atoms with E-state index < -0.39 is 0 Å². The zero-order valence-corrected chi connectivity index (χ0v) is 12.6. The third-order valence-electron chi connectivity index (χ3n) is 3.18. The minimum absolute atomic E-state index is 0.266. The van der Waals surface area contributed by atoms with Crippen LogP contribution in [-0.2, 0) is 16.0 Å². The van der Waals surface area contributed by atoms with Crippen molar-refractivity contribution in [2.45, 2.75) is 46.5 Å². The molecule has 0 saturated carbocycles. The molecule has 0 heterocycles. The van der Waals surface area contributed by atoms with Crippen LogP contribution < -0.4 is 0 Å². The van der Waals surface area contributed by atoms with E-state index in [4.69, 9.17) is 4.74 Å². The van der Waals surface area contributed by atoms with Gasteiger partial charge in [0.1, 0.15) is 5.75 Å². The second-order valence-corrected chi connectivity index (χ2v) is 4.98. The third-order valence-corrected chi connectivity index (χ3v) is 3.18. The largest absolute Gasteiger partial charge is 0.507 e. The molecule has 0 aliphatic rings. The quantitative estimate of drug-likeness (QED) is 0.467. The van der Waals surface area contributed by atoms with Crippen molar-refractivity contribution in [3.63, 3.8) is 0 Å². The van der Waals surface area contributed by atoms with Gasteiger partial charge in [-0.3, -0.25) is 0 Å². The van der Waals surface area contributed by atoms with Crippen LogP contribution in [0.15, 0.2) is 24.3 Å². The highest BCUT2D eigenvalue weighted by molar-refractivity contribution is 5.81. The summed E-state index contributed by atoms with van der Waals surface area (Å²) in [6.07, 6.45) is 7.35. The van der Waals surface area contributed by atoms with E-state index in [1.165, 1.54) is 11.6 Å². The molecule has 0 saturated heterocycles. The number of unbranched alkanes of at least 4 members (excludes halogenated alkanes) is 2. The van der Waals surface area contributed by atoms with Gasteiger partial charge in [-0.1, -0.05) is 18.2 Å². The molecule has 0 aliphatic heterocycles. The highest BCUT2D eigenvalue weighted by Gasteiger charge is 2.03. The SMILES string of the molecule is CCOC(=O)/C=C\CCCCc1cc(C)c(O)c(C)c1. The van der Waals surface area contributed by atoms with Gasteiger partial charge >= 0.3 is 5.97 Å². The van der Waals surface area contributed by atoms with E-state index >= 15 is 0 Å². The Balaban J connectivity index is 2.30. The fourth-order valence-corrected chi connectivity index (χ4v) is 2.15. The van der Waals surface area contributed by atoms with E-state index in [1.807, 2.05) is 32.1 Å². The number of ether oxygens (including phenoxy) is 1. The number of hydrogen-bond acceptors (Lipinski definition) is 3. The third kappa shape index (κ3) is 5.47. The first-order valence-corrected chi connectivity index (χ1v) is 7.17. The Morgan fingerprint density at radius 3 is 2.50 bits per heavy atom. The van der Waals surface area contributed by atoms with Gasteiger partial charge < -0.3 is 9.84 Å². The summed E-state index contributed by atoms with van der Waals surface area (Å²) < 4.78 is 4.81. The van der Waals surface area contributed by atoms with Crippen LogP contribution in [0.3, 0.4) is 0 Å². The number of carbonyl (C=O) groups excluding carboxylic acids is 1. The molecular formula is C17H24O3. The number of aromatic hydroxyl groups is 1. The molecule has 0 amide bonds. The molecule has 0 radical (unpaired) electrons. The van der Waals surface area contributed by atoms with Crippen LogP contribution in [0.1, 0.15) is 42.9 Å². The standard InChI is InChI=1S/C17H24O3/c1-4-20-16(18)10-8-6-5-7-9-15-11-13(2)17(19)14(3)12-15/h8,10-12,19H,4-7,9H2,1-3H3/b10-8-. The Morgan fingerprint density at radius 2 is 1.90 bits per heavy atom. The number of benzene rings is 1. The molecule has 1 aromatic rings. The number of aryl methyl sites for hydroxylation is 3. The number of phenolic OH excluding ortho intramolecular Hbond substituents is 1. The summed E-state index contributed by atoms with van der Waals surface area (Å²) in [6, 6.07) is 4.08. The number of carbonyl (C=O) groups is 1. The summed E-state index contributed by atoms with van der Waals surface area (Å²) in [7, 11) is 0. The molecule has 0 bridgehead atoms. The zero-order valence-electron chi connectivity index (χ0n) is 12.6. The molecule has 0 unspecified atom stereocenters. The Labute approximate surface area is 121 Å². The molecule has 1 N–H and O–H groups in total. The van der Waals surface area contributed by atoms with Crippen LogP contribution >= 0.6 is 0 Å². The lowest BCUT2D eigenvalue weighted by Gasteiger charge is -2.07. The summed E-state index contributed by atoms with van der Waals surface area (Å²) in [5.74, 6) is 0.128. The average Bonchev–Trinajstić information content (AvgIpc) is 2.40. The molecule has 3 heteroatoms. The molecule has 0 spiro atoms. The molecule has 0 aromatic heterocycles. The van der Waals surface area contributed by atoms with Gasteiger partial charge in [0.15, 0.2) is 0 Å². The van der Waals surface area contributed by atoms with Gasteiger partial charge in [0.25, 0.3) is 0 Å². The minimum Gasteiger partial charge on any atom is -0.507 e. The van der Waals surface area contributed by atoms with Gasteiger partial charge in [0, 0.05) is 6.08 Å². The van der Waals surface area contributed by atoms with E-state index in [2.05, 4.69) is 0 Å². The minimum atomic E-state index is -0.266. The fourth-order valence-electron chi connectivity index (χ4n) is 2.15. The highest BCUT2D eigenvalue weighted by atomic mass is 16.5. The van der Waals surface area contributed by atoms with Gasteiger partial charge in [0.2, 0.25) is 0 Å². The van der Waals surface area contributed by atoms with Gasteiger partial charge in [-0.05, 0) is 63.1 Å². The lowest BCUT2D eigenvalue weighted by atomic mass is 10.0. The number of rotatable bonds is 7. The van der Waals surface area contributed by atoms with E-state index in [9.17, 15) is 9.90 Å². The Morgan fingerprint density at radius 1 is 1.25 bits per heavy atom. The van der Waals surface area contributed by atoms with Gasteiger partial charge in [-0.15, -0.1) is 0 Å². The van der Waals surface area contributed by atoms with Crippen molar-refractivity contribution in [1.82, 2.24) is 0 Å².